The van der Waals surface area contributed by atoms with Gasteiger partial charge in [0.15, 0.2) is 0 Å². The molecule has 0 aromatic heterocycles. The van der Waals surface area contributed by atoms with Crippen molar-refractivity contribution in [2.24, 2.45) is 0 Å². The molecule has 0 saturated carbocycles. The Morgan fingerprint density at radius 3 is 0.688 bits per heavy atom. The van der Waals surface area contributed by atoms with Gasteiger partial charge in [0.05, 0.1) is 18.8 Å². The molecule has 0 aliphatic heterocycles. The van der Waals surface area contributed by atoms with Gasteiger partial charge >= 0.3 is 0 Å². The van der Waals surface area contributed by atoms with Crippen molar-refractivity contribution >= 4 is 5.91 Å². The summed E-state index contributed by atoms with van der Waals surface area (Å²) in [5, 5.41) is 23.5. The smallest absolute Gasteiger partial charge is 0.220 e. The van der Waals surface area contributed by atoms with Gasteiger partial charge in [-0.2, -0.15) is 0 Å². The molecule has 0 fully saturated rings. The first-order chi connectivity index (χ1) is 39.7. The van der Waals surface area contributed by atoms with Gasteiger partial charge in [0.2, 0.25) is 5.91 Å². The van der Waals surface area contributed by atoms with Crippen molar-refractivity contribution in [3.05, 3.63) is 12.2 Å². The topological polar surface area (TPSA) is 69.6 Å². The molecule has 0 aliphatic carbocycles. The first-order valence-corrected chi connectivity index (χ1v) is 37.9. The first kappa shape index (κ1) is 79.1. The summed E-state index contributed by atoms with van der Waals surface area (Å²) >= 11 is 0. The maximum Gasteiger partial charge on any atom is 0.220 e. The molecule has 0 saturated heterocycles. The van der Waals surface area contributed by atoms with Gasteiger partial charge in [-0.25, -0.2) is 0 Å². The molecular weight excluding hydrogens is 975 g/mol. The molecule has 0 bridgehead atoms. The van der Waals surface area contributed by atoms with Crippen LogP contribution in [0.2, 0.25) is 0 Å². The summed E-state index contributed by atoms with van der Waals surface area (Å²) in [7, 11) is 0. The lowest BCUT2D eigenvalue weighted by atomic mass is 10.0. The fourth-order valence-corrected chi connectivity index (χ4v) is 12.5. The third-order valence-electron chi connectivity index (χ3n) is 18.3. The minimum Gasteiger partial charge on any atom is -0.394 e. The standard InChI is InChI=1S/C76H151NO3/c1-3-5-7-9-11-13-15-17-19-21-23-25-27-29-31-32-33-34-35-36-37-38-39-40-41-42-43-44-46-48-50-52-54-56-58-60-62-64-66-68-70-72-76(80)77-74(73-78)75(79)71-69-67-65-63-61-59-57-55-53-51-49-47-45-30-28-26-24-22-20-18-16-14-12-10-8-6-4-2/h21,23,74-75,78-79H,3-20,22,24-73H2,1-2H3,(H,77,80)/b23-21-. The van der Waals surface area contributed by atoms with Crippen LogP contribution < -0.4 is 5.32 Å². The van der Waals surface area contributed by atoms with Gasteiger partial charge in [-0.3, -0.25) is 4.79 Å². The van der Waals surface area contributed by atoms with E-state index < -0.39 is 12.1 Å². The van der Waals surface area contributed by atoms with E-state index in [1.807, 2.05) is 0 Å². The van der Waals surface area contributed by atoms with E-state index in [4.69, 9.17) is 0 Å². The molecule has 2 unspecified atom stereocenters. The molecule has 4 nitrogen and oxygen atoms in total. The summed E-state index contributed by atoms with van der Waals surface area (Å²) in [6, 6.07) is -0.534. The number of amides is 1. The van der Waals surface area contributed by atoms with Gasteiger partial charge < -0.3 is 15.5 Å². The molecule has 0 aromatic carbocycles. The van der Waals surface area contributed by atoms with Gasteiger partial charge in [-0.05, 0) is 38.5 Å². The Labute approximate surface area is 505 Å². The highest BCUT2D eigenvalue weighted by Gasteiger charge is 2.20. The van der Waals surface area contributed by atoms with Crippen LogP contribution in [-0.4, -0.2) is 34.9 Å². The number of carbonyl (C=O) groups is 1. The zero-order valence-electron chi connectivity index (χ0n) is 55.4. The molecule has 478 valence electrons. The van der Waals surface area contributed by atoms with Crippen molar-refractivity contribution in [1.82, 2.24) is 5.32 Å². The zero-order valence-corrected chi connectivity index (χ0v) is 55.4. The number of allylic oxidation sites excluding steroid dienone is 2. The van der Waals surface area contributed by atoms with E-state index in [9.17, 15) is 15.0 Å². The van der Waals surface area contributed by atoms with E-state index in [1.54, 1.807) is 0 Å². The SMILES string of the molecule is CCCCCCCCCC/C=C\CCCCCCCCCCCCCCCCCCCCCCCCCCCCCCCC(=O)NC(CO)C(O)CCCCCCCCCCCCCCCCCCCCCCCCCCCCC. The number of aliphatic hydroxyl groups is 2. The van der Waals surface area contributed by atoms with Crippen LogP contribution in [0.4, 0.5) is 0 Å². The molecule has 0 heterocycles. The number of unbranched alkanes of at least 4 members (excludes halogenated alkanes) is 63. The molecule has 4 heteroatoms. The lowest BCUT2D eigenvalue weighted by molar-refractivity contribution is -0.123. The number of rotatable bonds is 72. The molecule has 1 amide bonds. The highest BCUT2D eigenvalue weighted by molar-refractivity contribution is 5.76. The molecule has 2 atom stereocenters. The third-order valence-corrected chi connectivity index (χ3v) is 18.3. The van der Waals surface area contributed by atoms with Gasteiger partial charge in [0.25, 0.3) is 0 Å². The highest BCUT2D eigenvalue weighted by Crippen LogP contribution is 2.20. The average Bonchev–Trinajstić information content (AvgIpc) is 3.46. The summed E-state index contributed by atoms with van der Waals surface area (Å²) in [5.41, 5.74) is 0. The fraction of sp³-hybridized carbons (Fsp3) is 0.961. The maximum atomic E-state index is 12.6. The van der Waals surface area contributed by atoms with Crippen LogP contribution in [0.5, 0.6) is 0 Å². The van der Waals surface area contributed by atoms with Crippen molar-refractivity contribution in [2.75, 3.05) is 6.61 Å². The van der Waals surface area contributed by atoms with Crippen LogP contribution in [0.25, 0.3) is 0 Å². The highest BCUT2D eigenvalue weighted by atomic mass is 16.3. The number of hydrogen-bond donors (Lipinski definition) is 3. The van der Waals surface area contributed by atoms with Gasteiger partial charge in [-0.1, -0.05) is 418 Å². The van der Waals surface area contributed by atoms with Crippen LogP contribution >= 0.6 is 0 Å². The molecule has 3 N–H and O–H groups in total. The van der Waals surface area contributed by atoms with E-state index in [1.165, 1.54) is 398 Å². The minimum absolute atomic E-state index is 0.0193. The monoisotopic (exact) mass is 1130 g/mol. The summed E-state index contributed by atoms with van der Waals surface area (Å²) in [6.07, 6.45) is 97.4. The van der Waals surface area contributed by atoms with Crippen LogP contribution in [0.15, 0.2) is 12.2 Å². The number of nitrogens with one attached hydrogen (secondary N) is 1. The van der Waals surface area contributed by atoms with E-state index in [-0.39, 0.29) is 12.5 Å². The Hall–Kier alpha value is -0.870. The Morgan fingerprint density at radius 2 is 0.475 bits per heavy atom. The Bertz CT molecular complexity index is 1140. The Balaban J connectivity index is 3.34. The van der Waals surface area contributed by atoms with Crippen LogP contribution in [0.1, 0.15) is 450 Å². The quantitative estimate of drug-likeness (QED) is 0.0420. The summed E-state index contributed by atoms with van der Waals surface area (Å²) in [6.45, 7) is 4.42. The molecule has 0 rings (SSSR count). The van der Waals surface area contributed by atoms with E-state index in [2.05, 4.69) is 31.3 Å². The third kappa shape index (κ3) is 67.9. The van der Waals surface area contributed by atoms with Crippen LogP contribution in [0, 0.1) is 0 Å². The maximum absolute atomic E-state index is 12.6. The molecule has 0 radical (unpaired) electrons. The summed E-state index contributed by atoms with van der Waals surface area (Å²) < 4.78 is 0. The molecule has 80 heavy (non-hydrogen) atoms. The van der Waals surface area contributed by atoms with E-state index in [0.717, 1.165) is 25.7 Å². The molecule has 0 aromatic rings. The second kappa shape index (κ2) is 72.4. The average molecular weight is 1130 g/mol. The molecule has 0 aliphatic rings. The van der Waals surface area contributed by atoms with E-state index in [0.29, 0.717) is 12.8 Å². The normalized spacial score (nSPS) is 12.6. The second-order valence-electron chi connectivity index (χ2n) is 26.4. The predicted molar refractivity (Wildman–Crippen MR) is 359 cm³/mol. The number of aliphatic hydroxyl groups excluding tert-OH is 2. The van der Waals surface area contributed by atoms with E-state index >= 15 is 0 Å². The Kier molecular flexibility index (Phi) is 71.6. The molecular formula is C76H151NO3. The summed E-state index contributed by atoms with van der Waals surface area (Å²) in [5.74, 6) is -0.0193. The lowest BCUT2D eigenvalue weighted by Crippen LogP contribution is -2.45. The largest absolute Gasteiger partial charge is 0.394 e. The molecule has 0 spiro atoms. The van der Waals surface area contributed by atoms with Crippen molar-refractivity contribution in [3.8, 4) is 0 Å². The van der Waals surface area contributed by atoms with Gasteiger partial charge in [0, 0.05) is 6.42 Å². The fourth-order valence-electron chi connectivity index (χ4n) is 12.5. The van der Waals surface area contributed by atoms with Crippen molar-refractivity contribution < 1.29 is 15.0 Å². The van der Waals surface area contributed by atoms with Crippen LogP contribution in [0.3, 0.4) is 0 Å². The Morgan fingerprint density at radius 1 is 0.287 bits per heavy atom. The number of hydrogen-bond acceptors (Lipinski definition) is 3. The van der Waals surface area contributed by atoms with Crippen LogP contribution in [-0.2, 0) is 4.79 Å². The van der Waals surface area contributed by atoms with Gasteiger partial charge in [0.1, 0.15) is 0 Å². The summed E-state index contributed by atoms with van der Waals surface area (Å²) in [4.78, 5) is 12.6. The minimum atomic E-state index is -0.658. The number of carbonyl (C=O) groups excluding carboxylic acids is 1. The zero-order chi connectivity index (χ0) is 57.6. The van der Waals surface area contributed by atoms with Crippen molar-refractivity contribution in [3.63, 3.8) is 0 Å². The van der Waals surface area contributed by atoms with Gasteiger partial charge in [-0.15, -0.1) is 0 Å². The second-order valence-corrected chi connectivity index (χ2v) is 26.4. The lowest BCUT2D eigenvalue weighted by Gasteiger charge is -2.22. The first-order valence-electron chi connectivity index (χ1n) is 37.9. The van der Waals surface area contributed by atoms with Crippen molar-refractivity contribution in [1.29, 1.82) is 0 Å². The van der Waals surface area contributed by atoms with Crippen molar-refractivity contribution in [2.45, 2.75) is 463 Å². The predicted octanol–water partition coefficient (Wildman–Crippen LogP) is 25.9.